The van der Waals surface area contributed by atoms with E-state index in [2.05, 4.69) is 0 Å². The number of benzene rings is 3. The first-order chi connectivity index (χ1) is 18.0. The zero-order chi connectivity index (χ0) is 27.6. The van der Waals surface area contributed by atoms with E-state index >= 15 is 8.78 Å². The van der Waals surface area contributed by atoms with Crippen molar-refractivity contribution in [2.24, 2.45) is 5.41 Å². The average molecular weight is 539 g/mol. The number of carboxylic acids is 1. The summed E-state index contributed by atoms with van der Waals surface area (Å²) in [5.41, 5.74) is -0.930. The Hall–Kier alpha value is -3.07. The van der Waals surface area contributed by atoms with Crippen molar-refractivity contribution in [2.75, 3.05) is 18.0 Å². The van der Waals surface area contributed by atoms with Gasteiger partial charge in [-0.2, -0.15) is 0 Å². The molecule has 8 heteroatoms. The van der Waals surface area contributed by atoms with Crippen LogP contribution in [0.5, 0.6) is 0 Å². The van der Waals surface area contributed by atoms with E-state index < -0.39 is 43.7 Å². The highest BCUT2D eigenvalue weighted by molar-refractivity contribution is 6.80. The monoisotopic (exact) mass is 538 g/mol. The summed E-state index contributed by atoms with van der Waals surface area (Å²) in [7, 11) is -1.86. The van der Waals surface area contributed by atoms with E-state index in [0.29, 0.717) is 18.7 Å². The van der Waals surface area contributed by atoms with Gasteiger partial charge in [-0.15, -0.1) is 0 Å². The summed E-state index contributed by atoms with van der Waals surface area (Å²) < 4.78 is 43.8. The van der Waals surface area contributed by atoms with E-state index in [4.69, 9.17) is 9.16 Å². The highest BCUT2D eigenvalue weighted by Gasteiger charge is 2.39. The van der Waals surface area contributed by atoms with Gasteiger partial charge in [0.05, 0.1) is 29.6 Å². The Balaban J connectivity index is 1.92. The van der Waals surface area contributed by atoms with Crippen molar-refractivity contribution in [3.8, 4) is 0 Å². The number of ether oxygens (including phenoxy) is 1. The molecule has 1 N–H and O–H groups in total. The molecule has 1 aliphatic heterocycles. The maximum atomic E-state index is 15.9. The Bertz CT molecular complexity index is 1220. The number of aromatic carboxylic acids is 1. The average Bonchev–Trinajstić information content (AvgIpc) is 2.86. The first-order valence-electron chi connectivity index (χ1n) is 12.8. The molecule has 3 unspecified atom stereocenters. The predicted molar refractivity (Wildman–Crippen MR) is 147 cm³/mol. The Kier molecular flexibility index (Phi) is 8.35. The van der Waals surface area contributed by atoms with E-state index in [1.54, 1.807) is 4.90 Å². The Morgan fingerprint density at radius 2 is 1.47 bits per heavy atom. The molecule has 0 aromatic heterocycles. The van der Waals surface area contributed by atoms with Crippen LogP contribution >= 0.6 is 0 Å². The van der Waals surface area contributed by atoms with Crippen molar-refractivity contribution in [3.05, 3.63) is 89.5 Å². The van der Waals surface area contributed by atoms with Gasteiger partial charge in [0, 0.05) is 18.7 Å². The quantitative estimate of drug-likeness (QED) is 0.420. The number of halogens is 2. The molecule has 5 nitrogen and oxygen atoms in total. The molecule has 1 aliphatic rings. The lowest BCUT2D eigenvalue weighted by Crippen LogP contribution is -2.48. The maximum absolute atomic E-state index is 15.9. The number of carbonyl (C=O) groups is 1. The second-order valence-electron chi connectivity index (χ2n) is 10.9. The van der Waals surface area contributed by atoms with E-state index in [1.807, 2.05) is 95.3 Å². The molecule has 1 fully saturated rings. The first kappa shape index (κ1) is 27.9. The lowest BCUT2D eigenvalue weighted by atomic mass is 9.83. The molecule has 1 heterocycles. The second kappa shape index (κ2) is 11.4. The number of anilines is 1. The molecule has 0 bridgehead atoms. The fourth-order valence-corrected chi connectivity index (χ4v) is 7.29. The van der Waals surface area contributed by atoms with Crippen LogP contribution in [-0.4, -0.2) is 45.4 Å². The summed E-state index contributed by atoms with van der Waals surface area (Å²) in [6.45, 7) is 10.3. The predicted octanol–water partition coefficient (Wildman–Crippen LogP) is 5.19. The fourth-order valence-electron chi connectivity index (χ4n) is 4.98. The number of carboxylic acid groups (broad SMARTS) is 1. The Morgan fingerprint density at radius 3 is 1.92 bits per heavy atom. The zero-order valence-corrected chi connectivity index (χ0v) is 23.4. The van der Waals surface area contributed by atoms with Crippen LogP contribution < -0.4 is 15.3 Å². The Morgan fingerprint density at radius 1 is 0.974 bits per heavy atom. The van der Waals surface area contributed by atoms with E-state index in [1.165, 1.54) is 6.07 Å². The second-order valence-corrected chi connectivity index (χ2v) is 12.9. The van der Waals surface area contributed by atoms with Gasteiger partial charge in [-0.25, -0.2) is 13.6 Å². The molecule has 3 aromatic carbocycles. The van der Waals surface area contributed by atoms with Crippen molar-refractivity contribution >= 4 is 31.1 Å². The molecule has 3 atom stereocenters. The van der Waals surface area contributed by atoms with Crippen LogP contribution in [0.15, 0.2) is 66.7 Å². The highest BCUT2D eigenvalue weighted by atomic mass is 28.3. The number of hydrogen-bond donors (Lipinski definition) is 1. The van der Waals surface area contributed by atoms with Crippen molar-refractivity contribution in [3.63, 3.8) is 0 Å². The molecule has 0 aliphatic carbocycles. The van der Waals surface area contributed by atoms with Crippen LogP contribution in [-0.2, 0) is 9.16 Å². The molecule has 0 amide bonds. The smallest absolute Gasteiger partial charge is 0.338 e. The lowest BCUT2D eigenvalue weighted by molar-refractivity contribution is -0.00577. The number of hydrogen-bond acceptors (Lipinski definition) is 4. The molecule has 3 aromatic rings. The van der Waals surface area contributed by atoms with Crippen LogP contribution in [0.1, 0.15) is 56.6 Å². The summed E-state index contributed by atoms with van der Waals surface area (Å²) in [5.74, 6) is -4.07. The van der Waals surface area contributed by atoms with Crippen molar-refractivity contribution < 1.29 is 27.8 Å². The van der Waals surface area contributed by atoms with Crippen molar-refractivity contribution in [1.29, 1.82) is 0 Å². The van der Waals surface area contributed by atoms with Gasteiger partial charge in [-0.05, 0) is 35.7 Å². The van der Waals surface area contributed by atoms with Crippen molar-refractivity contribution in [2.45, 2.75) is 52.9 Å². The third kappa shape index (κ3) is 5.98. The summed E-state index contributed by atoms with van der Waals surface area (Å²) in [5, 5.41) is 11.7. The first-order valence-corrected chi connectivity index (χ1v) is 14.2. The molecule has 1 saturated heterocycles. The van der Waals surface area contributed by atoms with Gasteiger partial charge < -0.3 is 19.2 Å². The topological polar surface area (TPSA) is 59.0 Å². The van der Waals surface area contributed by atoms with Gasteiger partial charge in [0.25, 0.3) is 9.04 Å². The third-order valence-corrected chi connectivity index (χ3v) is 8.74. The van der Waals surface area contributed by atoms with Gasteiger partial charge >= 0.3 is 5.97 Å². The Labute approximate surface area is 224 Å². The standard InChI is InChI=1S/C30H34F2NO4Si/c1-19-17-33(18-20(2)36-19)27-24(16-23(29(34)35)25(31)26(27)32)28(30(3,4)5)37-38(21-12-8-6-9-13-21)22-14-10-7-11-15-22/h6-16,19-20,28H,17-18H2,1-5H3,(H,34,35). The zero-order valence-electron chi connectivity index (χ0n) is 22.4. The van der Waals surface area contributed by atoms with Crippen LogP contribution in [0.25, 0.3) is 0 Å². The van der Waals surface area contributed by atoms with Crippen LogP contribution in [0.4, 0.5) is 14.5 Å². The molecule has 0 spiro atoms. The number of nitrogens with zero attached hydrogens (tertiary/aromatic N) is 1. The molecular formula is C30H34F2NO4Si. The fraction of sp³-hybridized carbons (Fsp3) is 0.367. The third-order valence-electron chi connectivity index (χ3n) is 6.55. The number of morpholine rings is 1. The SMILES string of the molecule is CC1CN(c2c(C(O[Si](c3ccccc3)c3ccccc3)C(C)(C)C)cc(C(=O)O)c(F)c2F)CC(C)O1. The highest BCUT2D eigenvalue weighted by Crippen LogP contribution is 2.44. The summed E-state index contributed by atoms with van der Waals surface area (Å²) in [6, 6.07) is 20.9. The largest absolute Gasteiger partial charge is 0.478 e. The van der Waals surface area contributed by atoms with Gasteiger partial charge in [0.1, 0.15) is 0 Å². The molecule has 38 heavy (non-hydrogen) atoms. The van der Waals surface area contributed by atoms with E-state index in [0.717, 1.165) is 10.4 Å². The van der Waals surface area contributed by atoms with Crippen LogP contribution in [0.2, 0.25) is 0 Å². The minimum atomic E-state index is -1.86. The normalized spacial score (nSPS) is 19.0. The summed E-state index contributed by atoms with van der Waals surface area (Å²) in [4.78, 5) is 13.7. The minimum absolute atomic E-state index is 0.0388. The summed E-state index contributed by atoms with van der Waals surface area (Å²) >= 11 is 0. The minimum Gasteiger partial charge on any atom is -0.478 e. The van der Waals surface area contributed by atoms with Gasteiger partial charge in [0.2, 0.25) is 0 Å². The number of rotatable bonds is 7. The molecule has 0 saturated carbocycles. The molecular weight excluding hydrogens is 504 g/mol. The van der Waals surface area contributed by atoms with Crippen molar-refractivity contribution in [1.82, 2.24) is 0 Å². The van der Waals surface area contributed by atoms with E-state index in [9.17, 15) is 9.90 Å². The lowest BCUT2D eigenvalue weighted by Gasteiger charge is -2.41. The maximum Gasteiger partial charge on any atom is 0.338 e. The van der Waals surface area contributed by atoms with Gasteiger partial charge in [-0.1, -0.05) is 81.4 Å². The summed E-state index contributed by atoms with van der Waals surface area (Å²) in [6.07, 6.45) is -1.17. The van der Waals surface area contributed by atoms with Gasteiger partial charge in [0.15, 0.2) is 11.6 Å². The van der Waals surface area contributed by atoms with Gasteiger partial charge in [-0.3, -0.25) is 0 Å². The van der Waals surface area contributed by atoms with Crippen LogP contribution in [0.3, 0.4) is 0 Å². The van der Waals surface area contributed by atoms with E-state index in [-0.39, 0.29) is 17.9 Å². The molecule has 4 rings (SSSR count). The van der Waals surface area contributed by atoms with Crippen LogP contribution in [0, 0.1) is 17.0 Å². The molecule has 201 valence electrons. The molecule has 1 radical (unpaired) electrons.